The molecule has 0 amide bonds. The molecule has 0 bridgehead atoms. The first kappa shape index (κ1) is 14.0. The number of hydrogen-bond donors (Lipinski definition) is 3. The molecule has 0 saturated heterocycles. The van der Waals surface area contributed by atoms with Gasteiger partial charge in [-0.2, -0.15) is 0 Å². The van der Waals surface area contributed by atoms with Gasteiger partial charge < -0.3 is 11.1 Å². The number of nitrogens with one attached hydrogen (secondary N) is 2. The fraction of sp³-hybridized carbons (Fsp3) is 0.455. The van der Waals surface area contributed by atoms with Crippen molar-refractivity contribution in [3.05, 3.63) is 24.3 Å². The zero-order valence-corrected chi connectivity index (χ0v) is 10.9. The number of hydrogen-bond acceptors (Lipinski definition) is 4. The maximum absolute atomic E-state index is 11.8. The summed E-state index contributed by atoms with van der Waals surface area (Å²) in [5.41, 5.74) is 6.05. The summed E-state index contributed by atoms with van der Waals surface area (Å²) in [6.45, 7) is 4.99. The third-order valence-electron chi connectivity index (χ3n) is 2.16. The Kier molecular flexibility index (Phi) is 4.92. The average Bonchev–Trinajstić information content (AvgIpc) is 2.25. The third kappa shape index (κ3) is 4.72. The molecule has 0 heterocycles. The Bertz CT molecular complexity index is 440. The molecule has 0 unspecified atom stereocenters. The molecule has 1 rings (SSSR count). The second-order valence-electron chi connectivity index (χ2n) is 4.08. The molecular formula is C11H19N3O2S. The lowest BCUT2D eigenvalue weighted by molar-refractivity contribution is 0.559. The second kappa shape index (κ2) is 6.00. The summed E-state index contributed by atoms with van der Waals surface area (Å²) in [5.74, 6) is 0. The Morgan fingerprint density at radius 1 is 1.18 bits per heavy atom. The Balaban J connectivity index is 2.54. The van der Waals surface area contributed by atoms with E-state index in [0.717, 1.165) is 0 Å². The van der Waals surface area contributed by atoms with E-state index in [0.29, 0.717) is 24.8 Å². The van der Waals surface area contributed by atoms with Gasteiger partial charge in [0.2, 0.25) is 10.0 Å². The van der Waals surface area contributed by atoms with Crippen LogP contribution in [-0.4, -0.2) is 27.5 Å². The van der Waals surface area contributed by atoms with Crippen molar-refractivity contribution in [2.45, 2.75) is 24.8 Å². The molecule has 0 aliphatic heterocycles. The highest BCUT2D eigenvalue weighted by Crippen LogP contribution is 2.10. The molecule has 0 aliphatic rings. The van der Waals surface area contributed by atoms with Gasteiger partial charge in [-0.15, -0.1) is 0 Å². The molecule has 1 aromatic carbocycles. The van der Waals surface area contributed by atoms with Gasteiger partial charge in [-0.05, 0) is 24.3 Å². The van der Waals surface area contributed by atoms with Crippen molar-refractivity contribution < 1.29 is 8.42 Å². The van der Waals surface area contributed by atoms with Crippen LogP contribution in [0, 0.1) is 0 Å². The molecule has 17 heavy (non-hydrogen) atoms. The van der Waals surface area contributed by atoms with Crippen LogP contribution in [0.15, 0.2) is 29.2 Å². The third-order valence-corrected chi connectivity index (χ3v) is 3.64. The SMILES string of the molecule is CC(C)NCCNS(=O)(=O)c1ccc(N)cc1. The summed E-state index contributed by atoms with van der Waals surface area (Å²) in [6.07, 6.45) is 0. The summed E-state index contributed by atoms with van der Waals surface area (Å²) in [6, 6.07) is 6.47. The Morgan fingerprint density at radius 3 is 2.29 bits per heavy atom. The summed E-state index contributed by atoms with van der Waals surface area (Å²) in [7, 11) is -3.42. The van der Waals surface area contributed by atoms with E-state index in [1.54, 1.807) is 12.1 Å². The van der Waals surface area contributed by atoms with Crippen LogP contribution in [0.1, 0.15) is 13.8 Å². The van der Waals surface area contributed by atoms with E-state index in [4.69, 9.17) is 5.73 Å². The van der Waals surface area contributed by atoms with Crippen LogP contribution >= 0.6 is 0 Å². The normalized spacial score (nSPS) is 11.9. The number of benzene rings is 1. The van der Waals surface area contributed by atoms with Gasteiger partial charge in [0.25, 0.3) is 0 Å². The molecule has 5 nitrogen and oxygen atoms in total. The van der Waals surface area contributed by atoms with Crippen LogP contribution in [0.25, 0.3) is 0 Å². The highest BCUT2D eigenvalue weighted by atomic mass is 32.2. The smallest absolute Gasteiger partial charge is 0.240 e. The monoisotopic (exact) mass is 257 g/mol. The van der Waals surface area contributed by atoms with Crippen LogP contribution in [0.3, 0.4) is 0 Å². The maximum atomic E-state index is 11.8. The Hall–Kier alpha value is -1.11. The minimum atomic E-state index is -3.42. The molecule has 1 aromatic rings. The lowest BCUT2D eigenvalue weighted by Crippen LogP contribution is -2.34. The Labute approximate surface area is 102 Å². The van der Waals surface area contributed by atoms with E-state index in [2.05, 4.69) is 10.0 Å². The molecule has 0 spiro atoms. The zero-order chi connectivity index (χ0) is 12.9. The number of nitrogens with two attached hydrogens (primary N) is 1. The van der Waals surface area contributed by atoms with Crippen molar-refractivity contribution in [1.82, 2.24) is 10.0 Å². The van der Waals surface area contributed by atoms with Gasteiger partial charge in [-0.25, -0.2) is 13.1 Å². The molecule has 0 aliphatic carbocycles. The molecule has 6 heteroatoms. The van der Waals surface area contributed by atoms with Crippen LogP contribution in [0.5, 0.6) is 0 Å². The van der Waals surface area contributed by atoms with Crippen LogP contribution in [-0.2, 0) is 10.0 Å². The van der Waals surface area contributed by atoms with Crippen molar-refractivity contribution in [2.75, 3.05) is 18.8 Å². The van der Waals surface area contributed by atoms with E-state index in [9.17, 15) is 8.42 Å². The van der Waals surface area contributed by atoms with Crippen molar-refractivity contribution in [3.63, 3.8) is 0 Å². The average molecular weight is 257 g/mol. The molecular weight excluding hydrogens is 238 g/mol. The number of anilines is 1. The van der Waals surface area contributed by atoms with Crippen molar-refractivity contribution in [1.29, 1.82) is 0 Å². The lowest BCUT2D eigenvalue weighted by Gasteiger charge is -2.09. The summed E-state index contributed by atoms with van der Waals surface area (Å²) >= 11 is 0. The molecule has 0 saturated carbocycles. The van der Waals surface area contributed by atoms with Gasteiger partial charge in [0.1, 0.15) is 0 Å². The van der Waals surface area contributed by atoms with E-state index < -0.39 is 10.0 Å². The number of nitrogen functional groups attached to an aromatic ring is 1. The standard InChI is InChI=1S/C11H19N3O2S/c1-9(2)13-7-8-14-17(15,16)11-5-3-10(12)4-6-11/h3-6,9,13-14H,7-8,12H2,1-2H3. The predicted molar refractivity (Wildman–Crippen MR) is 69.2 cm³/mol. The maximum Gasteiger partial charge on any atom is 0.240 e. The molecule has 96 valence electrons. The predicted octanol–water partition coefficient (Wildman–Crippen LogP) is 0.545. The fourth-order valence-electron chi connectivity index (χ4n) is 1.28. The molecule has 0 atom stereocenters. The number of rotatable bonds is 6. The topological polar surface area (TPSA) is 84.2 Å². The van der Waals surface area contributed by atoms with Crippen LogP contribution < -0.4 is 15.8 Å². The molecule has 0 fully saturated rings. The quantitative estimate of drug-likeness (QED) is 0.513. The minimum absolute atomic E-state index is 0.233. The zero-order valence-electron chi connectivity index (χ0n) is 10.1. The van der Waals surface area contributed by atoms with E-state index in [1.165, 1.54) is 12.1 Å². The van der Waals surface area contributed by atoms with Crippen LogP contribution in [0.2, 0.25) is 0 Å². The summed E-state index contributed by atoms with van der Waals surface area (Å²) in [4.78, 5) is 0.233. The number of sulfonamides is 1. The minimum Gasteiger partial charge on any atom is -0.399 e. The first-order chi connectivity index (χ1) is 7.92. The highest BCUT2D eigenvalue weighted by molar-refractivity contribution is 7.89. The lowest BCUT2D eigenvalue weighted by atomic mass is 10.3. The highest BCUT2D eigenvalue weighted by Gasteiger charge is 2.12. The van der Waals surface area contributed by atoms with Gasteiger partial charge in [-0.3, -0.25) is 0 Å². The van der Waals surface area contributed by atoms with Crippen molar-refractivity contribution in [2.24, 2.45) is 0 Å². The van der Waals surface area contributed by atoms with Gasteiger partial charge in [0.15, 0.2) is 0 Å². The largest absolute Gasteiger partial charge is 0.399 e. The first-order valence-electron chi connectivity index (χ1n) is 5.50. The second-order valence-corrected chi connectivity index (χ2v) is 5.84. The van der Waals surface area contributed by atoms with Gasteiger partial charge in [0, 0.05) is 24.8 Å². The summed E-state index contributed by atoms with van der Waals surface area (Å²) < 4.78 is 26.1. The van der Waals surface area contributed by atoms with E-state index in [-0.39, 0.29) is 4.90 Å². The van der Waals surface area contributed by atoms with E-state index in [1.807, 2.05) is 13.8 Å². The van der Waals surface area contributed by atoms with E-state index >= 15 is 0 Å². The van der Waals surface area contributed by atoms with Crippen molar-refractivity contribution >= 4 is 15.7 Å². The van der Waals surface area contributed by atoms with Gasteiger partial charge in [0.05, 0.1) is 4.90 Å². The van der Waals surface area contributed by atoms with Crippen LogP contribution in [0.4, 0.5) is 5.69 Å². The fourth-order valence-corrected chi connectivity index (χ4v) is 2.31. The van der Waals surface area contributed by atoms with Gasteiger partial charge >= 0.3 is 0 Å². The first-order valence-corrected chi connectivity index (χ1v) is 6.99. The molecule has 4 N–H and O–H groups in total. The Morgan fingerprint density at radius 2 is 1.76 bits per heavy atom. The molecule has 0 radical (unpaired) electrons. The van der Waals surface area contributed by atoms with Crippen molar-refractivity contribution in [3.8, 4) is 0 Å². The summed E-state index contributed by atoms with van der Waals surface area (Å²) in [5, 5.41) is 3.13. The van der Waals surface area contributed by atoms with Gasteiger partial charge in [-0.1, -0.05) is 13.8 Å². The molecule has 0 aromatic heterocycles.